The number of hydrogen-bond acceptors (Lipinski definition) is 5. The van der Waals surface area contributed by atoms with Crippen LogP contribution in [0.3, 0.4) is 0 Å². The smallest absolute Gasteiger partial charge is 0.274 e. The predicted octanol–water partition coefficient (Wildman–Crippen LogP) is 2.19. The van der Waals surface area contributed by atoms with Gasteiger partial charge in [-0.1, -0.05) is 30.3 Å². The predicted molar refractivity (Wildman–Crippen MR) is 112 cm³/mol. The normalized spacial score (nSPS) is 12.0. The summed E-state index contributed by atoms with van der Waals surface area (Å²) in [6, 6.07) is 13.9. The number of fused-ring (bicyclic) bond motifs is 1. The van der Waals surface area contributed by atoms with Gasteiger partial charge in [-0.05, 0) is 23.8 Å². The van der Waals surface area contributed by atoms with E-state index in [1.807, 2.05) is 42.1 Å². The lowest BCUT2D eigenvalue weighted by Gasteiger charge is -2.20. The van der Waals surface area contributed by atoms with E-state index in [9.17, 15) is 9.59 Å². The summed E-state index contributed by atoms with van der Waals surface area (Å²) in [5.74, 6) is 0.989. The molecule has 152 valence electrons. The summed E-state index contributed by atoms with van der Waals surface area (Å²) < 4.78 is 8.27. The second kappa shape index (κ2) is 7.82. The minimum Gasteiger partial charge on any atom is -0.497 e. The van der Waals surface area contributed by atoms with Crippen LogP contribution in [-0.2, 0) is 14.1 Å². The fraction of sp³-hybridized carbons (Fsp3) is 0.182. The Kier molecular flexibility index (Phi) is 5.05. The first-order chi connectivity index (χ1) is 14.5. The molecule has 2 aromatic carbocycles. The van der Waals surface area contributed by atoms with Gasteiger partial charge in [-0.2, -0.15) is 5.10 Å². The molecule has 0 aliphatic heterocycles. The number of amides is 1. The number of imidazole rings is 1. The Balaban J connectivity index is 1.78. The zero-order valence-electron chi connectivity index (χ0n) is 16.9. The van der Waals surface area contributed by atoms with E-state index in [0.29, 0.717) is 16.6 Å². The summed E-state index contributed by atoms with van der Waals surface area (Å²) in [5, 5.41) is 8.20. The number of aryl methyl sites for hydroxylation is 2. The number of rotatable bonds is 5. The van der Waals surface area contributed by atoms with E-state index in [4.69, 9.17) is 4.74 Å². The Morgan fingerprint density at radius 3 is 2.40 bits per heavy atom. The van der Waals surface area contributed by atoms with E-state index in [1.54, 1.807) is 37.6 Å². The molecule has 1 atom stereocenters. The van der Waals surface area contributed by atoms with Crippen molar-refractivity contribution in [1.29, 1.82) is 0 Å². The monoisotopic (exact) mass is 403 g/mol. The van der Waals surface area contributed by atoms with Gasteiger partial charge in [0.05, 0.1) is 12.5 Å². The van der Waals surface area contributed by atoms with Gasteiger partial charge in [0.25, 0.3) is 11.5 Å². The molecule has 0 bridgehead atoms. The molecule has 0 spiro atoms. The van der Waals surface area contributed by atoms with Crippen molar-refractivity contribution < 1.29 is 9.53 Å². The standard InChI is InChI=1S/C22H21N5O3/c1-26-13-12-23-20(26)18(14-8-10-15(30-3)11-9-14)24-21(28)19-16-6-4-5-7-17(16)22(29)27(2)25-19/h4-13,18H,1-3H3,(H,24,28)/t18-/m0/s1. The highest BCUT2D eigenvalue weighted by atomic mass is 16.5. The molecular weight excluding hydrogens is 382 g/mol. The molecule has 4 rings (SSSR count). The molecule has 4 aromatic rings. The fourth-order valence-electron chi connectivity index (χ4n) is 3.42. The van der Waals surface area contributed by atoms with Gasteiger partial charge in [-0.25, -0.2) is 9.67 Å². The number of nitrogens with zero attached hydrogens (tertiary/aromatic N) is 4. The van der Waals surface area contributed by atoms with Crippen molar-refractivity contribution in [1.82, 2.24) is 24.6 Å². The third-order valence-electron chi connectivity index (χ3n) is 5.01. The topological polar surface area (TPSA) is 91.0 Å². The van der Waals surface area contributed by atoms with Crippen LogP contribution in [0.4, 0.5) is 0 Å². The van der Waals surface area contributed by atoms with Gasteiger partial charge in [0, 0.05) is 31.9 Å². The third-order valence-corrected chi connectivity index (χ3v) is 5.01. The van der Waals surface area contributed by atoms with Gasteiger partial charge in [0.2, 0.25) is 0 Å². The SMILES string of the molecule is COc1ccc([C@H](NC(=O)c2nn(C)c(=O)c3ccccc23)c2nccn2C)cc1. The summed E-state index contributed by atoms with van der Waals surface area (Å²) in [7, 11) is 5.00. The molecule has 1 N–H and O–H groups in total. The number of benzene rings is 2. The summed E-state index contributed by atoms with van der Waals surface area (Å²) in [5.41, 5.74) is 0.769. The quantitative estimate of drug-likeness (QED) is 0.552. The van der Waals surface area contributed by atoms with Crippen molar-refractivity contribution in [3.63, 3.8) is 0 Å². The molecule has 0 aliphatic rings. The molecule has 2 aromatic heterocycles. The lowest BCUT2D eigenvalue weighted by atomic mass is 10.0. The zero-order chi connectivity index (χ0) is 21.3. The Morgan fingerprint density at radius 1 is 1.07 bits per heavy atom. The van der Waals surface area contributed by atoms with Crippen LogP contribution in [0.2, 0.25) is 0 Å². The van der Waals surface area contributed by atoms with E-state index in [-0.39, 0.29) is 11.3 Å². The van der Waals surface area contributed by atoms with Crippen LogP contribution < -0.4 is 15.6 Å². The van der Waals surface area contributed by atoms with Crippen molar-refractivity contribution in [3.05, 3.63) is 88.4 Å². The van der Waals surface area contributed by atoms with E-state index in [2.05, 4.69) is 15.4 Å². The average molecular weight is 403 g/mol. The molecule has 8 nitrogen and oxygen atoms in total. The first-order valence-electron chi connectivity index (χ1n) is 9.37. The lowest BCUT2D eigenvalue weighted by molar-refractivity contribution is 0.0936. The Bertz CT molecular complexity index is 1270. The zero-order valence-corrected chi connectivity index (χ0v) is 16.9. The first kappa shape index (κ1) is 19.4. The maximum Gasteiger partial charge on any atom is 0.274 e. The molecule has 1 amide bonds. The highest BCUT2D eigenvalue weighted by molar-refractivity contribution is 6.05. The maximum absolute atomic E-state index is 13.3. The number of aromatic nitrogens is 4. The number of hydrogen-bond donors (Lipinski definition) is 1. The molecule has 0 radical (unpaired) electrons. The first-order valence-corrected chi connectivity index (χ1v) is 9.37. The van der Waals surface area contributed by atoms with Crippen LogP contribution in [0, 0.1) is 0 Å². The van der Waals surface area contributed by atoms with Gasteiger partial charge in [-0.15, -0.1) is 0 Å². The van der Waals surface area contributed by atoms with Gasteiger partial charge >= 0.3 is 0 Å². The van der Waals surface area contributed by atoms with Crippen molar-refractivity contribution in [2.24, 2.45) is 14.1 Å². The molecule has 0 saturated carbocycles. The summed E-state index contributed by atoms with van der Waals surface area (Å²) in [4.78, 5) is 30.1. The average Bonchev–Trinajstić information content (AvgIpc) is 3.20. The van der Waals surface area contributed by atoms with Gasteiger partial charge in [-0.3, -0.25) is 9.59 Å². The van der Waals surface area contributed by atoms with Crippen LogP contribution in [0.5, 0.6) is 5.75 Å². The number of methoxy groups -OCH3 is 1. The van der Waals surface area contributed by atoms with Crippen LogP contribution >= 0.6 is 0 Å². The summed E-state index contributed by atoms with van der Waals surface area (Å²) >= 11 is 0. The van der Waals surface area contributed by atoms with Crippen LogP contribution in [-0.4, -0.2) is 32.3 Å². The molecule has 0 saturated heterocycles. The van der Waals surface area contributed by atoms with Crippen LogP contribution in [0.1, 0.15) is 27.9 Å². The second-order valence-electron chi connectivity index (χ2n) is 6.90. The van der Waals surface area contributed by atoms with Gasteiger partial charge < -0.3 is 14.6 Å². The highest BCUT2D eigenvalue weighted by Crippen LogP contribution is 2.24. The lowest BCUT2D eigenvalue weighted by Crippen LogP contribution is -2.33. The van der Waals surface area contributed by atoms with Crippen molar-refractivity contribution in [2.45, 2.75) is 6.04 Å². The second-order valence-corrected chi connectivity index (χ2v) is 6.90. The molecule has 0 aliphatic carbocycles. The van der Waals surface area contributed by atoms with E-state index in [0.717, 1.165) is 11.3 Å². The van der Waals surface area contributed by atoms with Crippen LogP contribution in [0.25, 0.3) is 10.8 Å². The Morgan fingerprint density at radius 2 is 1.77 bits per heavy atom. The molecule has 0 fully saturated rings. The van der Waals surface area contributed by atoms with Crippen LogP contribution in [0.15, 0.2) is 65.7 Å². The third kappa shape index (κ3) is 3.43. The number of carbonyl (C=O) groups excluding carboxylic acids is 1. The van der Waals surface area contributed by atoms with E-state index >= 15 is 0 Å². The highest BCUT2D eigenvalue weighted by Gasteiger charge is 2.24. The Hall–Kier alpha value is -3.94. The summed E-state index contributed by atoms with van der Waals surface area (Å²) in [6.45, 7) is 0. The largest absolute Gasteiger partial charge is 0.497 e. The van der Waals surface area contributed by atoms with Crippen molar-refractivity contribution in [2.75, 3.05) is 7.11 Å². The molecule has 2 heterocycles. The fourth-order valence-corrected chi connectivity index (χ4v) is 3.42. The Labute approximate surface area is 172 Å². The molecule has 8 heteroatoms. The van der Waals surface area contributed by atoms with Gasteiger partial charge in [0.1, 0.15) is 17.6 Å². The number of ether oxygens (including phenoxy) is 1. The number of nitrogens with one attached hydrogen (secondary N) is 1. The minimum atomic E-state index is -0.513. The van der Waals surface area contributed by atoms with E-state index in [1.165, 1.54) is 11.7 Å². The van der Waals surface area contributed by atoms with E-state index < -0.39 is 11.9 Å². The maximum atomic E-state index is 13.3. The molecule has 0 unspecified atom stereocenters. The minimum absolute atomic E-state index is 0.181. The van der Waals surface area contributed by atoms with Crippen molar-refractivity contribution in [3.8, 4) is 5.75 Å². The number of carbonyl (C=O) groups is 1. The molecule has 30 heavy (non-hydrogen) atoms. The van der Waals surface area contributed by atoms with Gasteiger partial charge in [0.15, 0.2) is 5.69 Å². The summed E-state index contributed by atoms with van der Waals surface area (Å²) in [6.07, 6.45) is 3.50. The molecular formula is C22H21N5O3. The van der Waals surface area contributed by atoms with Crippen molar-refractivity contribution >= 4 is 16.7 Å².